The smallest absolute Gasteiger partial charge is 0.274 e. The van der Waals surface area contributed by atoms with Crippen molar-refractivity contribution in [2.75, 3.05) is 0 Å². The fourth-order valence-electron chi connectivity index (χ4n) is 1.28. The van der Waals surface area contributed by atoms with Crippen molar-refractivity contribution in [3.05, 3.63) is 34.9 Å². The second-order valence-corrected chi connectivity index (χ2v) is 3.75. The molecular formula is C10H13N3OS. The molecule has 0 heterocycles. The number of thiocarbonyl (C=S) groups is 1. The van der Waals surface area contributed by atoms with Crippen LogP contribution in [0.3, 0.4) is 0 Å². The van der Waals surface area contributed by atoms with Crippen LogP contribution in [0.4, 0.5) is 0 Å². The third-order valence-electron chi connectivity index (χ3n) is 2.07. The van der Waals surface area contributed by atoms with Crippen molar-refractivity contribution >= 4 is 23.2 Å². The van der Waals surface area contributed by atoms with Gasteiger partial charge in [-0.1, -0.05) is 17.7 Å². The number of nitrogens with two attached hydrogens (primary N) is 2. The van der Waals surface area contributed by atoms with Crippen molar-refractivity contribution in [2.45, 2.75) is 13.8 Å². The Balaban J connectivity index is 3.07. The lowest BCUT2D eigenvalue weighted by Gasteiger charge is -2.15. The molecule has 0 aliphatic heterocycles. The summed E-state index contributed by atoms with van der Waals surface area (Å²) in [5.74, 6) is 5.03. The SMILES string of the molecule is Cc1ccc(C(=O)N(N)C(N)=S)c(C)c1. The Bertz CT molecular complexity index is 417. The Hall–Kier alpha value is -1.46. The predicted molar refractivity (Wildman–Crippen MR) is 63.1 cm³/mol. The van der Waals surface area contributed by atoms with Gasteiger partial charge in [0, 0.05) is 5.56 Å². The topological polar surface area (TPSA) is 72.3 Å². The highest BCUT2D eigenvalue weighted by molar-refractivity contribution is 7.80. The lowest BCUT2D eigenvalue weighted by atomic mass is 10.1. The number of carbonyl (C=O) groups is 1. The first-order chi connectivity index (χ1) is 6.93. The number of carbonyl (C=O) groups excluding carboxylic acids is 1. The third kappa shape index (κ3) is 2.51. The quantitative estimate of drug-likeness (QED) is 0.320. The third-order valence-corrected chi connectivity index (χ3v) is 2.27. The van der Waals surface area contributed by atoms with E-state index in [1.165, 1.54) is 0 Å². The van der Waals surface area contributed by atoms with E-state index < -0.39 is 0 Å². The monoisotopic (exact) mass is 223 g/mol. The Morgan fingerprint density at radius 3 is 2.47 bits per heavy atom. The summed E-state index contributed by atoms with van der Waals surface area (Å²) in [7, 11) is 0. The minimum Gasteiger partial charge on any atom is -0.375 e. The van der Waals surface area contributed by atoms with Gasteiger partial charge in [0.25, 0.3) is 5.91 Å². The largest absolute Gasteiger partial charge is 0.375 e. The van der Waals surface area contributed by atoms with E-state index in [9.17, 15) is 4.79 Å². The minimum absolute atomic E-state index is 0.139. The average Bonchev–Trinajstić information content (AvgIpc) is 2.15. The van der Waals surface area contributed by atoms with Gasteiger partial charge in [-0.05, 0) is 37.7 Å². The van der Waals surface area contributed by atoms with E-state index in [1.807, 2.05) is 26.0 Å². The molecule has 0 atom stereocenters. The number of hydrogen-bond donors (Lipinski definition) is 2. The van der Waals surface area contributed by atoms with E-state index in [1.54, 1.807) is 6.07 Å². The van der Waals surface area contributed by atoms with E-state index >= 15 is 0 Å². The molecule has 4 N–H and O–H groups in total. The summed E-state index contributed by atoms with van der Waals surface area (Å²) in [6.07, 6.45) is 0. The predicted octanol–water partition coefficient (Wildman–Crippen LogP) is 0.863. The molecule has 0 saturated heterocycles. The highest BCUT2D eigenvalue weighted by Crippen LogP contribution is 2.11. The molecular weight excluding hydrogens is 210 g/mol. The van der Waals surface area contributed by atoms with Crippen LogP contribution >= 0.6 is 12.2 Å². The summed E-state index contributed by atoms with van der Waals surface area (Å²) in [6, 6.07) is 5.46. The molecule has 0 radical (unpaired) electrons. The molecule has 0 saturated carbocycles. The first-order valence-electron chi connectivity index (χ1n) is 4.39. The Kier molecular flexibility index (Phi) is 3.39. The van der Waals surface area contributed by atoms with Crippen LogP contribution in [-0.4, -0.2) is 16.0 Å². The zero-order chi connectivity index (χ0) is 11.6. The standard InChI is InChI=1S/C10H13N3OS/c1-6-3-4-8(7(2)5-6)9(14)13(12)10(11)15/h3-5H,12H2,1-2H3,(H2,11,15). The molecule has 1 aromatic carbocycles. The van der Waals surface area contributed by atoms with Gasteiger partial charge in [0.1, 0.15) is 0 Å². The van der Waals surface area contributed by atoms with Crippen molar-refractivity contribution in [1.29, 1.82) is 0 Å². The summed E-state index contributed by atoms with van der Waals surface area (Å²) in [5.41, 5.74) is 7.72. The molecule has 0 fully saturated rings. The van der Waals surface area contributed by atoms with Gasteiger partial charge in [-0.2, -0.15) is 0 Å². The summed E-state index contributed by atoms with van der Waals surface area (Å²) in [5, 5.41) is 0.632. The number of rotatable bonds is 1. The highest BCUT2D eigenvalue weighted by atomic mass is 32.1. The summed E-state index contributed by atoms with van der Waals surface area (Å²) in [6.45, 7) is 3.79. The van der Waals surface area contributed by atoms with E-state index in [2.05, 4.69) is 12.2 Å². The molecule has 0 aliphatic carbocycles. The van der Waals surface area contributed by atoms with Crippen molar-refractivity contribution in [3.63, 3.8) is 0 Å². The first-order valence-corrected chi connectivity index (χ1v) is 4.80. The van der Waals surface area contributed by atoms with Gasteiger partial charge in [0.05, 0.1) is 0 Å². The van der Waals surface area contributed by atoms with E-state index in [0.29, 0.717) is 5.56 Å². The molecule has 15 heavy (non-hydrogen) atoms. The van der Waals surface area contributed by atoms with Crippen LogP contribution in [0, 0.1) is 13.8 Å². The number of aryl methyl sites for hydroxylation is 2. The molecule has 0 aliphatic rings. The Morgan fingerprint density at radius 2 is 2.00 bits per heavy atom. The summed E-state index contributed by atoms with van der Waals surface area (Å²) < 4.78 is 0. The van der Waals surface area contributed by atoms with E-state index in [-0.39, 0.29) is 11.0 Å². The average molecular weight is 223 g/mol. The Morgan fingerprint density at radius 1 is 1.40 bits per heavy atom. The van der Waals surface area contributed by atoms with Crippen LogP contribution in [0.15, 0.2) is 18.2 Å². The lowest BCUT2D eigenvalue weighted by Crippen LogP contribution is -2.45. The molecule has 0 bridgehead atoms. The van der Waals surface area contributed by atoms with Gasteiger partial charge < -0.3 is 5.73 Å². The fraction of sp³-hybridized carbons (Fsp3) is 0.200. The first kappa shape index (κ1) is 11.6. The second kappa shape index (κ2) is 4.37. The summed E-state index contributed by atoms with van der Waals surface area (Å²) in [4.78, 5) is 11.8. The maximum atomic E-state index is 11.8. The second-order valence-electron chi connectivity index (χ2n) is 3.33. The number of hydrazine groups is 1. The molecule has 0 unspecified atom stereocenters. The minimum atomic E-state index is -0.389. The van der Waals surface area contributed by atoms with Crippen molar-refractivity contribution in [1.82, 2.24) is 5.01 Å². The molecule has 4 nitrogen and oxygen atoms in total. The zero-order valence-corrected chi connectivity index (χ0v) is 9.47. The molecule has 1 rings (SSSR count). The van der Waals surface area contributed by atoms with Gasteiger partial charge in [0.15, 0.2) is 5.11 Å². The maximum absolute atomic E-state index is 11.8. The molecule has 80 valence electrons. The fourth-order valence-corrected chi connectivity index (χ4v) is 1.37. The number of benzene rings is 1. The lowest BCUT2D eigenvalue weighted by molar-refractivity contribution is 0.0848. The van der Waals surface area contributed by atoms with Gasteiger partial charge >= 0.3 is 0 Å². The summed E-state index contributed by atoms with van der Waals surface area (Å²) >= 11 is 4.62. The van der Waals surface area contributed by atoms with E-state index in [4.69, 9.17) is 11.6 Å². The maximum Gasteiger partial charge on any atom is 0.274 e. The molecule has 1 amide bonds. The van der Waals surface area contributed by atoms with Crippen LogP contribution < -0.4 is 11.6 Å². The van der Waals surface area contributed by atoms with E-state index in [0.717, 1.165) is 16.1 Å². The van der Waals surface area contributed by atoms with Crippen LogP contribution in [0.2, 0.25) is 0 Å². The van der Waals surface area contributed by atoms with Crippen LogP contribution in [-0.2, 0) is 0 Å². The normalized spacial score (nSPS) is 9.80. The molecule has 0 aromatic heterocycles. The molecule has 0 spiro atoms. The number of amides is 1. The van der Waals surface area contributed by atoms with Crippen LogP contribution in [0.5, 0.6) is 0 Å². The molecule has 5 heteroatoms. The number of hydrogen-bond acceptors (Lipinski definition) is 3. The van der Waals surface area contributed by atoms with Crippen LogP contribution in [0.25, 0.3) is 0 Å². The Labute approximate surface area is 93.8 Å². The van der Waals surface area contributed by atoms with Crippen molar-refractivity contribution in [2.24, 2.45) is 11.6 Å². The molecule has 1 aromatic rings. The van der Waals surface area contributed by atoms with Gasteiger partial charge in [-0.25, -0.2) is 10.9 Å². The van der Waals surface area contributed by atoms with Crippen molar-refractivity contribution in [3.8, 4) is 0 Å². The van der Waals surface area contributed by atoms with Gasteiger partial charge in [-0.3, -0.25) is 4.79 Å². The van der Waals surface area contributed by atoms with Crippen molar-refractivity contribution < 1.29 is 4.79 Å². The zero-order valence-electron chi connectivity index (χ0n) is 8.65. The van der Waals surface area contributed by atoms with Gasteiger partial charge in [-0.15, -0.1) is 0 Å². The highest BCUT2D eigenvalue weighted by Gasteiger charge is 2.16. The van der Waals surface area contributed by atoms with Gasteiger partial charge in [0.2, 0.25) is 0 Å². The number of nitrogens with zero attached hydrogens (tertiary/aromatic N) is 1. The van der Waals surface area contributed by atoms with Crippen LogP contribution in [0.1, 0.15) is 21.5 Å².